The molecule has 0 unspecified atom stereocenters. The summed E-state index contributed by atoms with van der Waals surface area (Å²) in [6, 6.07) is 10.5. The molecule has 1 aromatic rings. The topological polar surface area (TPSA) is 60.9 Å². The Bertz CT molecular complexity index is 710. The first-order valence-electron chi connectivity index (χ1n) is 10.1. The van der Waals surface area contributed by atoms with Crippen molar-refractivity contribution in [2.24, 2.45) is 23.7 Å². The minimum atomic E-state index is -0.811. The Morgan fingerprint density at radius 1 is 0.926 bits per heavy atom. The fourth-order valence-electron chi connectivity index (χ4n) is 5.00. The fourth-order valence-corrected chi connectivity index (χ4v) is 5.00. The predicted octanol–water partition coefficient (Wildman–Crippen LogP) is 2.29. The lowest BCUT2D eigenvalue weighted by atomic mass is 9.62. The lowest BCUT2D eigenvalue weighted by Crippen LogP contribution is -2.55. The lowest BCUT2D eigenvalue weighted by molar-refractivity contribution is -0.157. The first-order valence-corrected chi connectivity index (χ1v) is 10.1. The minimum absolute atomic E-state index is 0.0219. The SMILES string of the molecule is O=C(O)[C@H]1[C@@H](C(=O)N2CCN(CCc3ccccc3)CC2)[C@H]2C=C[C@@H]1CC2. The van der Waals surface area contributed by atoms with Gasteiger partial charge in [-0.1, -0.05) is 42.5 Å². The molecule has 5 heteroatoms. The number of carbonyl (C=O) groups is 2. The van der Waals surface area contributed by atoms with Crippen LogP contribution in [-0.4, -0.2) is 59.5 Å². The number of piperazine rings is 1. The summed E-state index contributed by atoms with van der Waals surface area (Å²) < 4.78 is 0. The van der Waals surface area contributed by atoms with Crippen LogP contribution in [0, 0.1) is 23.7 Å². The number of aliphatic carboxylic acids is 1. The molecule has 0 aromatic heterocycles. The van der Waals surface area contributed by atoms with Crippen molar-refractivity contribution in [2.75, 3.05) is 32.7 Å². The smallest absolute Gasteiger partial charge is 0.307 e. The van der Waals surface area contributed by atoms with Gasteiger partial charge < -0.3 is 10.0 Å². The molecule has 27 heavy (non-hydrogen) atoms. The maximum Gasteiger partial charge on any atom is 0.307 e. The number of carboxylic acids is 1. The van der Waals surface area contributed by atoms with Crippen LogP contribution in [0.2, 0.25) is 0 Å². The van der Waals surface area contributed by atoms with Crippen molar-refractivity contribution >= 4 is 11.9 Å². The third-order valence-corrected chi connectivity index (χ3v) is 6.56. The van der Waals surface area contributed by atoms with Crippen molar-refractivity contribution in [1.82, 2.24) is 9.80 Å². The molecule has 4 atom stereocenters. The van der Waals surface area contributed by atoms with Gasteiger partial charge in [0.25, 0.3) is 0 Å². The average Bonchev–Trinajstić information content (AvgIpc) is 2.73. The molecule has 144 valence electrons. The van der Waals surface area contributed by atoms with Crippen LogP contribution in [0.25, 0.3) is 0 Å². The van der Waals surface area contributed by atoms with Crippen molar-refractivity contribution in [3.05, 3.63) is 48.0 Å². The number of allylic oxidation sites excluding steroid dienone is 2. The first kappa shape index (κ1) is 18.2. The van der Waals surface area contributed by atoms with Gasteiger partial charge in [-0.2, -0.15) is 0 Å². The van der Waals surface area contributed by atoms with E-state index in [4.69, 9.17) is 0 Å². The second kappa shape index (κ2) is 7.85. The van der Waals surface area contributed by atoms with Crippen molar-refractivity contribution in [3.63, 3.8) is 0 Å². The summed E-state index contributed by atoms with van der Waals surface area (Å²) in [6.07, 6.45) is 6.98. The summed E-state index contributed by atoms with van der Waals surface area (Å²) in [5.41, 5.74) is 1.34. The highest BCUT2D eigenvalue weighted by Gasteiger charge is 2.49. The summed E-state index contributed by atoms with van der Waals surface area (Å²) in [6.45, 7) is 4.15. The summed E-state index contributed by atoms with van der Waals surface area (Å²) in [5.74, 6) is -1.55. The zero-order valence-corrected chi connectivity index (χ0v) is 15.7. The number of fused-ring (bicyclic) bond motifs is 2. The Kier molecular flexibility index (Phi) is 5.30. The molecule has 2 fully saturated rings. The lowest BCUT2D eigenvalue weighted by Gasteiger charge is -2.45. The number of hydrogen-bond donors (Lipinski definition) is 1. The highest BCUT2D eigenvalue weighted by Crippen LogP contribution is 2.45. The van der Waals surface area contributed by atoms with Gasteiger partial charge in [0.1, 0.15) is 0 Å². The van der Waals surface area contributed by atoms with Gasteiger partial charge in [0.05, 0.1) is 11.8 Å². The highest BCUT2D eigenvalue weighted by atomic mass is 16.4. The summed E-state index contributed by atoms with van der Waals surface area (Å²) in [7, 11) is 0. The molecule has 0 radical (unpaired) electrons. The van der Waals surface area contributed by atoms with E-state index in [0.29, 0.717) is 13.1 Å². The quantitative estimate of drug-likeness (QED) is 0.810. The molecular formula is C22H28N2O3. The van der Waals surface area contributed by atoms with Gasteiger partial charge in [0.2, 0.25) is 5.91 Å². The number of rotatable bonds is 5. The van der Waals surface area contributed by atoms with E-state index in [1.54, 1.807) is 0 Å². The van der Waals surface area contributed by atoms with E-state index in [2.05, 4.69) is 35.2 Å². The number of amides is 1. The van der Waals surface area contributed by atoms with E-state index < -0.39 is 11.9 Å². The van der Waals surface area contributed by atoms with E-state index in [9.17, 15) is 14.7 Å². The van der Waals surface area contributed by atoms with Crippen molar-refractivity contribution in [2.45, 2.75) is 19.3 Å². The van der Waals surface area contributed by atoms with Crippen molar-refractivity contribution in [3.8, 4) is 0 Å². The number of carboxylic acid groups (broad SMARTS) is 1. The monoisotopic (exact) mass is 368 g/mol. The third-order valence-electron chi connectivity index (χ3n) is 6.56. The third kappa shape index (κ3) is 3.79. The molecular weight excluding hydrogens is 340 g/mol. The van der Waals surface area contributed by atoms with Gasteiger partial charge in [-0.15, -0.1) is 0 Å². The molecule has 1 aliphatic heterocycles. The molecule has 1 aromatic carbocycles. The Balaban J connectivity index is 1.33. The van der Waals surface area contributed by atoms with E-state index in [-0.39, 0.29) is 23.7 Å². The summed E-state index contributed by atoms with van der Waals surface area (Å²) in [5, 5.41) is 9.69. The second-order valence-electron chi connectivity index (χ2n) is 8.08. The molecule has 3 aliphatic carbocycles. The molecule has 1 heterocycles. The Labute approximate surface area is 160 Å². The number of nitrogens with zero attached hydrogens (tertiary/aromatic N) is 2. The molecule has 1 amide bonds. The van der Waals surface area contributed by atoms with Gasteiger partial charge in [-0.3, -0.25) is 14.5 Å². The number of benzene rings is 1. The maximum atomic E-state index is 13.2. The van der Waals surface area contributed by atoms with Crippen molar-refractivity contribution in [1.29, 1.82) is 0 Å². The Morgan fingerprint density at radius 3 is 2.15 bits per heavy atom. The molecule has 1 N–H and O–H groups in total. The fraction of sp³-hybridized carbons (Fsp3) is 0.545. The minimum Gasteiger partial charge on any atom is -0.481 e. The van der Waals surface area contributed by atoms with Gasteiger partial charge in [-0.05, 0) is 36.7 Å². The van der Waals surface area contributed by atoms with Crippen LogP contribution in [0.1, 0.15) is 18.4 Å². The highest BCUT2D eigenvalue weighted by molar-refractivity contribution is 5.86. The molecule has 4 aliphatic rings. The maximum absolute atomic E-state index is 13.2. The predicted molar refractivity (Wildman–Crippen MR) is 103 cm³/mol. The van der Waals surface area contributed by atoms with E-state index >= 15 is 0 Å². The van der Waals surface area contributed by atoms with Crippen molar-refractivity contribution < 1.29 is 14.7 Å². The van der Waals surface area contributed by atoms with Crippen LogP contribution in [-0.2, 0) is 16.0 Å². The summed E-state index contributed by atoms with van der Waals surface area (Å²) in [4.78, 5) is 29.3. The second-order valence-corrected chi connectivity index (χ2v) is 8.08. The standard InChI is InChI=1S/C22H28N2O3/c25-21(19-17-6-8-18(9-7-17)20(19)22(26)27)24-14-12-23(13-15-24)11-10-16-4-2-1-3-5-16/h1-6,8,17-20H,7,9-15H2,(H,26,27)/t17-,18+,19-,20+/m0/s1. The average molecular weight is 368 g/mol. The zero-order chi connectivity index (χ0) is 18.8. The van der Waals surface area contributed by atoms with E-state index in [0.717, 1.165) is 38.9 Å². The first-order chi connectivity index (χ1) is 13.1. The van der Waals surface area contributed by atoms with Crippen LogP contribution in [0.4, 0.5) is 0 Å². The van der Waals surface area contributed by atoms with Crippen LogP contribution >= 0.6 is 0 Å². The number of carbonyl (C=O) groups excluding carboxylic acids is 1. The van der Waals surface area contributed by atoms with E-state index in [1.165, 1.54) is 5.56 Å². The summed E-state index contributed by atoms with van der Waals surface area (Å²) >= 11 is 0. The van der Waals surface area contributed by atoms with Crippen LogP contribution in [0.15, 0.2) is 42.5 Å². The molecule has 1 saturated carbocycles. The molecule has 1 saturated heterocycles. The zero-order valence-electron chi connectivity index (χ0n) is 15.7. The van der Waals surface area contributed by atoms with Crippen LogP contribution in [0.5, 0.6) is 0 Å². The Morgan fingerprint density at radius 2 is 1.56 bits per heavy atom. The van der Waals surface area contributed by atoms with Gasteiger partial charge in [0, 0.05) is 32.7 Å². The van der Waals surface area contributed by atoms with Crippen LogP contribution in [0.3, 0.4) is 0 Å². The molecule has 0 spiro atoms. The van der Waals surface area contributed by atoms with Gasteiger partial charge >= 0.3 is 5.97 Å². The molecule has 5 rings (SSSR count). The number of hydrogen-bond acceptors (Lipinski definition) is 3. The normalized spacial score (nSPS) is 30.4. The van der Waals surface area contributed by atoms with Crippen LogP contribution < -0.4 is 0 Å². The molecule has 2 bridgehead atoms. The van der Waals surface area contributed by atoms with E-state index in [1.807, 2.05) is 17.0 Å². The largest absolute Gasteiger partial charge is 0.481 e. The van der Waals surface area contributed by atoms with Gasteiger partial charge in [0.15, 0.2) is 0 Å². The van der Waals surface area contributed by atoms with Gasteiger partial charge in [-0.25, -0.2) is 0 Å². The Hall–Kier alpha value is -2.14. The molecule has 5 nitrogen and oxygen atoms in total.